The van der Waals surface area contributed by atoms with E-state index in [1.54, 1.807) is 0 Å². The van der Waals surface area contributed by atoms with E-state index in [9.17, 15) is 0 Å². The van der Waals surface area contributed by atoms with Crippen molar-refractivity contribution in [1.29, 1.82) is 0 Å². The topological polar surface area (TPSA) is 9.23 Å². The molecule has 0 fully saturated rings. The monoisotopic (exact) mass is 334 g/mol. The van der Waals surface area contributed by atoms with Crippen LogP contribution in [-0.4, -0.2) is 5.05 Å². The van der Waals surface area contributed by atoms with Crippen molar-refractivity contribution >= 4 is 17.3 Å². The lowest BCUT2D eigenvalue weighted by atomic mass is 9.93. The van der Waals surface area contributed by atoms with Crippen molar-refractivity contribution in [1.82, 2.24) is 0 Å². The van der Waals surface area contributed by atoms with Gasteiger partial charge in [-0.3, -0.25) is 0 Å². The van der Waals surface area contributed by atoms with Crippen LogP contribution in [-0.2, 0) is 0 Å². The van der Waals surface area contributed by atoms with Crippen LogP contribution < -0.4 is 4.74 Å². The minimum absolute atomic E-state index is 0.724. The van der Waals surface area contributed by atoms with Gasteiger partial charge in [0, 0.05) is 6.42 Å². The molecule has 0 aliphatic heterocycles. The fourth-order valence-electron chi connectivity index (χ4n) is 2.95. The third-order valence-corrected chi connectivity index (χ3v) is 4.80. The molecule has 0 aliphatic carbocycles. The largest absolute Gasteiger partial charge is 0.450 e. The van der Waals surface area contributed by atoms with Crippen LogP contribution in [0, 0.1) is 5.92 Å². The Bertz CT molecular complexity index is 402. The number of hydrogen-bond donors (Lipinski definition) is 0. The van der Waals surface area contributed by atoms with Gasteiger partial charge in [0.05, 0.1) is 0 Å². The lowest BCUT2D eigenvalue weighted by Crippen LogP contribution is -2.04. The number of unbranched alkanes of at least 4 members (excludes halogenated alkanes) is 5. The number of hydrogen-bond acceptors (Lipinski definition) is 2. The number of thiocarbonyl (C=S) groups is 1. The maximum Gasteiger partial charge on any atom is 0.167 e. The lowest BCUT2D eigenvalue weighted by molar-refractivity contribution is 0.400. The van der Waals surface area contributed by atoms with Crippen LogP contribution in [0.3, 0.4) is 0 Å². The first-order chi connectivity index (χ1) is 11.3. The average molecular weight is 335 g/mol. The second kappa shape index (κ2) is 13.5. The summed E-state index contributed by atoms with van der Waals surface area (Å²) in [5, 5.41) is 0.724. The Labute approximate surface area is 148 Å². The van der Waals surface area contributed by atoms with Crippen molar-refractivity contribution in [3.8, 4) is 5.75 Å². The van der Waals surface area contributed by atoms with Gasteiger partial charge in [0.1, 0.15) is 5.75 Å². The van der Waals surface area contributed by atoms with Crippen molar-refractivity contribution in [2.75, 3.05) is 0 Å². The van der Waals surface area contributed by atoms with E-state index in [1.165, 1.54) is 57.8 Å². The number of rotatable bonds is 13. The smallest absolute Gasteiger partial charge is 0.167 e. The van der Waals surface area contributed by atoms with Crippen LogP contribution in [0.15, 0.2) is 30.3 Å². The summed E-state index contributed by atoms with van der Waals surface area (Å²) in [6.45, 7) is 4.63. The van der Waals surface area contributed by atoms with Gasteiger partial charge in [-0.1, -0.05) is 89.8 Å². The van der Waals surface area contributed by atoms with Gasteiger partial charge in [-0.2, -0.15) is 0 Å². The van der Waals surface area contributed by atoms with Crippen LogP contribution >= 0.6 is 12.2 Å². The molecule has 1 rings (SSSR count). The second-order valence-electron chi connectivity index (χ2n) is 6.51. The Hall–Kier alpha value is -0.890. The van der Waals surface area contributed by atoms with Gasteiger partial charge >= 0.3 is 0 Å². The van der Waals surface area contributed by atoms with Crippen molar-refractivity contribution in [2.24, 2.45) is 5.92 Å². The molecule has 0 saturated carbocycles. The molecule has 0 heterocycles. The van der Waals surface area contributed by atoms with Gasteiger partial charge in [-0.05, 0) is 36.7 Å². The standard InChI is InChI=1S/C21H34OS/c1-3-5-14-19(4-2)15-10-7-6-8-13-18-21(23)22-20-16-11-9-12-17-20/h9,11-12,16-17,19H,3-8,10,13-15,18H2,1-2H3. The fourth-order valence-corrected chi connectivity index (χ4v) is 3.19. The molecule has 0 spiro atoms. The zero-order valence-corrected chi connectivity index (χ0v) is 15.9. The Morgan fingerprint density at radius 1 is 0.913 bits per heavy atom. The van der Waals surface area contributed by atoms with Gasteiger partial charge < -0.3 is 4.74 Å². The normalized spacial score (nSPS) is 12.1. The molecule has 1 aromatic carbocycles. The lowest BCUT2D eigenvalue weighted by Gasteiger charge is -2.13. The molecule has 130 valence electrons. The summed E-state index contributed by atoms with van der Waals surface area (Å²) in [4.78, 5) is 0. The molecule has 2 heteroatoms. The van der Waals surface area contributed by atoms with Crippen LogP contribution in [0.5, 0.6) is 5.75 Å². The highest BCUT2D eigenvalue weighted by Crippen LogP contribution is 2.20. The first kappa shape index (κ1) is 20.2. The number of para-hydroxylation sites is 1. The molecule has 1 aromatic rings. The highest BCUT2D eigenvalue weighted by atomic mass is 32.1. The highest BCUT2D eigenvalue weighted by molar-refractivity contribution is 7.80. The Morgan fingerprint density at radius 3 is 2.26 bits per heavy atom. The summed E-state index contributed by atoms with van der Waals surface area (Å²) in [7, 11) is 0. The van der Waals surface area contributed by atoms with Gasteiger partial charge in [0.15, 0.2) is 5.05 Å². The summed E-state index contributed by atoms with van der Waals surface area (Å²) >= 11 is 5.31. The Balaban J connectivity index is 1.97. The maximum absolute atomic E-state index is 5.66. The first-order valence-electron chi connectivity index (χ1n) is 9.52. The van der Waals surface area contributed by atoms with Crippen molar-refractivity contribution in [3.05, 3.63) is 30.3 Å². The van der Waals surface area contributed by atoms with E-state index >= 15 is 0 Å². The summed E-state index contributed by atoms with van der Waals surface area (Å²) in [5.41, 5.74) is 0. The first-order valence-corrected chi connectivity index (χ1v) is 9.92. The van der Waals surface area contributed by atoms with Gasteiger partial charge in [0.2, 0.25) is 0 Å². The van der Waals surface area contributed by atoms with Crippen molar-refractivity contribution in [2.45, 2.75) is 84.5 Å². The molecule has 0 saturated heterocycles. The molecule has 0 aliphatic rings. The fraction of sp³-hybridized carbons (Fsp3) is 0.667. The van der Waals surface area contributed by atoms with E-state index in [2.05, 4.69) is 13.8 Å². The van der Waals surface area contributed by atoms with E-state index in [0.717, 1.165) is 29.6 Å². The molecule has 0 aromatic heterocycles. The summed E-state index contributed by atoms with van der Waals surface area (Å²) in [6.07, 6.45) is 14.4. The minimum Gasteiger partial charge on any atom is -0.450 e. The SMILES string of the molecule is CCCCC(CC)CCCCCCCC(=S)Oc1ccccc1. The van der Waals surface area contributed by atoms with Gasteiger partial charge in [0.25, 0.3) is 0 Å². The zero-order chi connectivity index (χ0) is 16.8. The molecular formula is C21H34OS. The second-order valence-corrected chi connectivity index (χ2v) is 6.97. The number of benzene rings is 1. The molecule has 1 unspecified atom stereocenters. The predicted octanol–water partition coefficient (Wildman–Crippen LogP) is 7.34. The van der Waals surface area contributed by atoms with Crippen molar-refractivity contribution < 1.29 is 4.74 Å². The molecule has 0 N–H and O–H groups in total. The quantitative estimate of drug-likeness (QED) is 0.276. The van der Waals surface area contributed by atoms with Crippen LogP contribution in [0.25, 0.3) is 0 Å². The average Bonchev–Trinajstić information content (AvgIpc) is 2.57. The summed E-state index contributed by atoms with van der Waals surface area (Å²) < 4.78 is 5.66. The van der Waals surface area contributed by atoms with E-state index < -0.39 is 0 Å². The molecular weight excluding hydrogens is 300 g/mol. The van der Waals surface area contributed by atoms with Crippen LogP contribution in [0.2, 0.25) is 0 Å². The van der Waals surface area contributed by atoms with E-state index in [4.69, 9.17) is 17.0 Å². The molecule has 0 bridgehead atoms. The van der Waals surface area contributed by atoms with E-state index in [1.807, 2.05) is 30.3 Å². The summed E-state index contributed by atoms with van der Waals surface area (Å²) in [6, 6.07) is 9.84. The number of ether oxygens (including phenoxy) is 1. The van der Waals surface area contributed by atoms with E-state index in [0.29, 0.717) is 0 Å². The predicted molar refractivity (Wildman–Crippen MR) is 105 cm³/mol. The third kappa shape index (κ3) is 10.5. The Kier molecular flexibility index (Phi) is 11.9. The Morgan fingerprint density at radius 2 is 1.57 bits per heavy atom. The molecule has 1 atom stereocenters. The molecule has 1 nitrogen and oxygen atoms in total. The van der Waals surface area contributed by atoms with Gasteiger partial charge in [-0.25, -0.2) is 0 Å². The zero-order valence-electron chi connectivity index (χ0n) is 15.1. The van der Waals surface area contributed by atoms with Crippen LogP contribution in [0.4, 0.5) is 0 Å². The minimum atomic E-state index is 0.724. The third-order valence-electron chi connectivity index (χ3n) is 4.51. The summed E-state index contributed by atoms with van der Waals surface area (Å²) in [5.74, 6) is 1.82. The molecule has 23 heavy (non-hydrogen) atoms. The highest BCUT2D eigenvalue weighted by Gasteiger charge is 2.05. The molecule has 0 amide bonds. The van der Waals surface area contributed by atoms with Crippen molar-refractivity contribution in [3.63, 3.8) is 0 Å². The van der Waals surface area contributed by atoms with Crippen LogP contribution in [0.1, 0.15) is 84.5 Å². The van der Waals surface area contributed by atoms with E-state index in [-0.39, 0.29) is 0 Å². The maximum atomic E-state index is 5.66. The van der Waals surface area contributed by atoms with Gasteiger partial charge in [-0.15, -0.1) is 0 Å². The molecule has 0 radical (unpaired) electrons.